The first kappa shape index (κ1) is 12.1. The number of benzene rings is 2. The van der Waals surface area contributed by atoms with Crippen LogP contribution in [-0.2, 0) is 6.61 Å². The molecule has 0 aromatic heterocycles. The van der Waals surface area contributed by atoms with Gasteiger partial charge in [0.05, 0.1) is 0 Å². The Balaban J connectivity index is 2.14. The van der Waals surface area contributed by atoms with Gasteiger partial charge < -0.3 is 4.74 Å². The lowest BCUT2D eigenvalue weighted by Gasteiger charge is -2.07. The predicted octanol–water partition coefficient (Wildman–Crippen LogP) is 3.42. The zero-order valence-corrected chi connectivity index (χ0v) is 9.36. The zero-order valence-electron chi connectivity index (χ0n) is 9.36. The lowest BCUT2D eigenvalue weighted by Crippen LogP contribution is -1.98. The number of nitriles is 1. The van der Waals surface area contributed by atoms with Crippen LogP contribution in [0.4, 0.5) is 8.78 Å². The van der Waals surface area contributed by atoms with E-state index in [1.165, 1.54) is 6.07 Å². The molecule has 0 saturated heterocycles. The van der Waals surface area contributed by atoms with E-state index in [2.05, 4.69) is 0 Å². The van der Waals surface area contributed by atoms with Gasteiger partial charge >= 0.3 is 0 Å². The topological polar surface area (TPSA) is 33.0 Å². The van der Waals surface area contributed by atoms with E-state index in [4.69, 9.17) is 10.00 Å². The van der Waals surface area contributed by atoms with Crippen LogP contribution in [0.25, 0.3) is 0 Å². The molecule has 2 rings (SSSR count). The minimum Gasteiger partial charge on any atom is -0.489 e. The standard InChI is InChI=1S/C14H9F2NO/c15-13-6-11(7-14(16)12(13)8-17)18-9-10-4-2-1-3-5-10/h1-7H,9H2. The zero-order chi connectivity index (χ0) is 13.0. The number of rotatable bonds is 3. The highest BCUT2D eigenvalue weighted by Crippen LogP contribution is 2.20. The second kappa shape index (κ2) is 5.28. The molecule has 0 amide bonds. The first-order chi connectivity index (χ1) is 8.70. The molecule has 0 unspecified atom stereocenters. The highest BCUT2D eigenvalue weighted by molar-refractivity contribution is 5.37. The number of hydrogen-bond donors (Lipinski definition) is 0. The highest BCUT2D eigenvalue weighted by atomic mass is 19.1. The van der Waals surface area contributed by atoms with E-state index < -0.39 is 17.2 Å². The third-order valence-electron chi connectivity index (χ3n) is 2.38. The van der Waals surface area contributed by atoms with E-state index in [0.717, 1.165) is 17.7 Å². The van der Waals surface area contributed by atoms with Gasteiger partial charge in [-0.1, -0.05) is 30.3 Å². The molecule has 0 radical (unpaired) electrons. The molecule has 90 valence electrons. The summed E-state index contributed by atoms with van der Waals surface area (Å²) in [5.41, 5.74) is 0.296. The lowest BCUT2D eigenvalue weighted by atomic mass is 10.2. The molecule has 2 nitrogen and oxygen atoms in total. The molecule has 0 saturated carbocycles. The summed E-state index contributed by atoms with van der Waals surface area (Å²) in [5.74, 6) is -1.77. The van der Waals surface area contributed by atoms with Crippen molar-refractivity contribution >= 4 is 0 Å². The second-order valence-electron chi connectivity index (χ2n) is 3.65. The Morgan fingerprint density at radius 2 is 1.67 bits per heavy atom. The van der Waals surface area contributed by atoms with Crippen LogP contribution >= 0.6 is 0 Å². The van der Waals surface area contributed by atoms with Gasteiger partial charge in [-0.05, 0) is 5.56 Å². The summed E-state index contributed by atoms with van der Waals surface area (Å²) in [4.78, 5) is 0. The predicted molar refractivity (Wildman–Crippen MR) is 61.8 cm³/mol. The molecular weight excluding hydrogens is 236 g/mol. The largest absolute Gasteiger partial charge is 0.489 e. The Hall–Kier alpha value is -2.41. The first-order valence-corrected chi connectivity index (χ1v) is 5.26. The quantitative estimate of drug-likeness (QED) is 0.830. The SMILES string of the molecule is N#Cc1c(F)cc(OCc2ccccc2)cc1F. The lowest BCUT2D eigenvalue weighted by molar-refractivity contribution is 0.302. The minimum atomic E-state index is -0.916. The Kier molecular flexibility index (Phi) is 3.54. The molecule has 0 aliphatic heterocycles. The Morgan fingerprint density at radius 3 is 2.22 bits per heavy atom. The maximum atomic E-state index is 13.3. The monoisotopic (exact) mass is 245 g/mol. The Morgan fingerprint density at radius 1 is 1.06 bits per heavy atom. The van der Waals surface area contributed by atoms with Gasteiger partial charge in [-0.2, -0.15) is 5.26 Å². The molecule has 4 heteroatoms. The van der Waals surface area contributed by atoms with Crippen LogP contribution in [0, 0.1) is 23.0 Å². The summed E-state index contributed by atoms with van der Waals surface area (Å²) < 4.78 is 31.9. The van der Waals surface area contributed by atoms with Crippen molar-refractivity contribution in [1.82, 2.24) is 0 Å². The van der Waals surface area contributed by atoms with Crippen molar-refractivity contribution < 1.29 is 13.5 Å². The molecule has 0 spiro atoms. The summed E-state index contributed by atoms with van der Waals surface area (Å²) in [6.45, 7) is 0.214. The average Bonchev–Trinajstić information content (AvgIpc) is 2.37. The van der Waals surface area contributed by atoms with Crippen molar-refractivity contribution in [2.75, 3.05) is 0 Å². The van der Waals surface area contributed by atoms with E-state index in [1.807, 2.05) is 30.3 Å². The van der Waals surface area contributed by atoms with Crippen LogP contribution in [0.2, 0.25) is 0 Å². The summed E-state index contributed by atoms with van der Waals surface area (Å²) in [7, 11) is 0. The molecule has 0 atom stereocenters. The molecule has 18 heavy (non-hydrogen) atoms. The van der Waals surface area contributed by atoms with Gasteiger partial charge in [0.2, 0.25) is 0 Å². The van der Waals surface area contributed by atoms with Gasteiger partial charge in [0, 0.05) is 12.1 Å². The van der Waals surface area contributed by atoms with Gasteiger partial charge in [-0.3, -0.25) is 0 Å². The number of ether oxygens (including phenoxy) is 1. The van der Waals surface area contributed by atoms with E-state index >= 15 is 0 Å². The normalized spacial score (nSPS) is 9.83. The highest BCUT2D eigenvalue weighted by Gasteiger charge is 2.11. The molecule has 0 N–H and O–H groups in total. The molecule has 0 aliphatic carbocycles. The summed E-state index contributed by atoms with van der Waals surface area (Å²) in [6.07, 6.45) is 0. The minimum absolute atomic E-state index is 0.0628. The summed E-state index contributed by atoms with van der Waals surface area (Å²) in [6, 6.07) is 12.7. The van der Waals surface area contributed by atoms with Crippen molar-refractivity contribution in [3.05, 3.63) is 65.2 Å². The van der Waals surface area contributed by atoms with E-state index in [-0.39, 0.29) is 12.4 Å². The maximum absolute atomic E-state index is 13.3. The number of hydrogen-bond acceptors (Lipinski definition) is 2. The molecule has 2 aromatic carbocycles. The van der Waals surface area contributed by atoms with Gasteiger partial charge in [0.25, 0.3) is 0 Å². The van der Waals surface area contributed by atoms with Crippen molar-refractivity contribution in [2.24, 2.45) is 0 Å². The fourth-order valence-corrected chi connectivity index (χ4v) is 1.48. The van der Waals surface area contributed by atoms with Gasteiger partial charge in [0.15, 0.2) is 0 Å². The first-order valence-electron chi connectivity index (χ1n) is 5.26. The van der Waals surface area contributed by atoms with Gasteiger partial charge in [0.1, 0.15) is 35.6 Å². The van der Waals surface area contributed by atoms with Crippen molar-refractivity contribution in [3.63, 3.8) is 0 Å². The molecular formula is C14H9F2NO. The van der Waals surface area contributed by atoms with E-state index in [0.29, 0.717) is 0 Å². The molecule has 0 bridgehead atoms. The van der Waals surface area contributed by atoms with E-state index in [1.54, 1.807) is 0 Å². The molecule has 0 heterocycles. The van der Waals surface area contributed by atoms with Crippen LogP contribution in [0.3, 0.4) is 0 Å². The third kappa shape index (κ3) is 2.64. The van der Waals surface area contributed by atoms with Crippen LogP contribution in [0.5, 0.6) is 5.75 Å². The van der Waals surface area contributed by atoms with Crippen molar-refractivity contribution in [1.29, 1.82) is 5.26 Å². The smallest absolute Gasteiger partial charge is 0.147 e. The summed E-state index contributed by atoms with van der Waals surface area (Å²) in [5, 5.41) is 8.53. The average molecular weight is 245 g/mol. The maximum Gasteiger partial charge on any atom is 0.147 e. The van der Waals surface area contributed by atoms with Crippen molar-refractivity contribution in [3.8, 4) is 11.8 Å². The summed E-state index contributed by atoms with van der Waals surface area (Å²) >= 11 is 0. The van der Waals surface area contributed by atoms with Crippen molar-refractivity contribution in [2.45, 2.75) is 6.61 Å². The van der Waals surface area contributed by atoms with Crippen LogP contribution in [-0.4, -0.2) is 0 Å². The van der Waals surface area contributed by atoms with Gasteiger partial charge in [-0.25, -0.2) is 8.78 Å². The fraction of sp³-hybridized carbons (Fsp3) is 0.0714. The Labute approximate surface area is 103 Å². The molecule has 0 aliphatic rings. The van der Waals surface area contributed by atoms with Crippen LogP contribution in [0.1, 0.15) is 11.1 Å². The van der Waals surface area contributed by atoms with Crippen LogP contribution in [0.15, 0.2) is 42.5 Å². The van der Waals surface area contributed by atoms with Gasteiger partial charge in [-0.15, -0.1) is 0 Å². The van der Waals surface area contributed by atoms with Crippen LogP contribution < -0.4 is 4.74 Å². The Bertz CT molecular complexity index is 567. The fourth-order valence-electron chi connectivity index (χ4n) is 1.48. The molecule has 0 fully saturated rings. The third-order valence-corrected chi connectivity index (χ3v) is 2.38. The van der Waals surface area contributed by atoms with E-state index in [9.17, 15) is 8.78 Å². The number of nitrogens with zero attached hydrogens (tertiary/aromatic N) is 1. The second-order valence-corrected chi connectivity index (χ2v) is 3.65. The molecule has 2 aromatic rings. The number of halogens is 2.